The van der Waals surface area contributed by atoms with Crippen LogP contribution in [-0.2, 0) is 0 Å². The van der Waals surface area contributed by atoms with E-state index in [0.717, 1.165) is 19.4 Å². The molecule has 1 fully saturated rings. The minimum atomic E-state index is -0.143. The molecule has 122 valence electrons. The van der Waals surface area contributed by atoms with Crippen LogP contribution in [0.1, 0.15) is 18.9 Å². The molecule has 0 radical (unpaired) electrons. The maximum atomic E-state index is 12.4. The van der Waals surface area contributed by atoms with Crippen LogP contribution in [-0.4, -0.2) is 62.8 Å². The normalized spacial score (nSPS) is 17.8. The molecule has 2 aromatic rings. The van der Waals surface area contributed by atoms with Gasteiger partial charge < -0.3 is 15.1 Å². The zero-order valence-corrected chi connectivity index (χ0v) is 13.3. The Bertz CT molecular complexity index is 639. The Balaban J connectivity index is 1.61. The summed E-state index contributed by atoms with van der Waals surface area (Å²) in [5.74, 6) is 0.604. The van der Waals surface area contributed by atoms with Crippen LogP contribution in [0.25, 0.3) is 0 Å². The number of urea groups is 1. The van der Waals surface area contributed by atoms with Crippen LogP contribution in [0.2, 0.25) is 0 Å². The van der Waals surface area contributed by atoms with Gasteiger partial charge in [-0.15, -0.1) is 0 Å². The first-order chi connectivity index (χ1) is 11.1. The van der Waals surface area contributed by atoms with Gasteiger partial charge in [0.1, 0.15) is 12.7 Å². The van der Waals surface area contributed by atoms with Crippen LogP contribution in [0, 0.1) is 0 Å². The molecule has 0 unspecified atom stereocenters. The number of piperidine rings is 1. The molecule has 0 aliphatic carbocycles. The highest BCUT2D eigenvalue weighted by Crippen LogP contribution is 2.21. The molecule has 9 heteroatoms. The van der Waals surface area contributed by atoms with Gasteiger partial charge in [0.05, 0.1) is 24.1 Å². The molecule has 9 nitrogen and oxygen atoms in total. The molecule has 1 aliphatic heterocycles. The summed E-state index contributed by atoms with van der Waals surface area (Å²) in [4.78, 5) is 28.3. The van der Waals surface area contributed by atoms with E-state index >= 15 is 0 Å². The minimum Gasteiger partial charge on any atom is -0.347 e. The molecule has 2 aromatic heterocycles. The molecular formula is C14H20N8O. The second-order valence-electron chi connectivity index (χ2n) is 5.71. The Kier molecular flexibility index (Phi) is 4.35. The van der Waals surface area contributed by atoms with E-state index in [4.69, 9.17) is 0 Å². The lowest BCUT2D eigenvalue weighted by atomic mass is 10.1. The van der Waals surface area contributed by atoms with Crippen molar-refractivity contribution >= 4 is 17.7 Å². The highest BCUT2D eigenvalue weighted by Gasteiger charge is 2.25. The van der Waals surface area contributed by atoms with Crippen molar-refractivity contribution < 1.29 is 4.79 Å². The number of nitrogens with one attached hydrogen (secondary N) is 1. The van der Waals surface area contributed by atoms with Crippen molar-refractivity contribution in [2.24, 2.45) is 0 Å². The molecule has 0 spiro atoms. The maximum Gasteiger partial charge on any atom is 0.322 e. The summed E-state index contributed by atoms with van der Waals surface area (Å²) >= 11 is 0. The molecule has 0 saturated carbocycles. The van der Waals surface area contributed by atoms with Gasteiger partial charge in [-0.3, -0.25) is 0 Å². The molecule has 1 N–H and O–H groups in total. The van der Waals surface area contributed by atoms with Gasteiger partial charge in [-0.1, -0.05) is 0 Å². The van der Waals surface area contributed by atoms with E-state index in [9.17, 15) is 4.79 Å². The van der Waals surface area contributed by atoms with Gasteiger partial charge >= 0.3 is 6.03 Å². The van der Waals surface area contributed by atoms with Gasteiger partial charge in [0, 0.05) is 27.2 Å². The number of carbonyl (C=O) groups is 1. The molecule has 1 atom stereocenters. The molecule has 23 heavy (non-hydrogen) atoms. The molecule has 1 saturated heterocycles. The fraction of sp³-hybridized carbons (Fsp3) is 0.500. The average molecular weight is 316 g/mol. The first-order valence-electron chi connectivity index (χ1n) is 7.53. The monoisotopic (exact) mass is 316 g/mol. The molecule has 3 rings (SSSR count). The maximum absolute atomic E-state index is 12.4. The largest absolute Gasteiger partial charge is 0.347 e. The van der Waals surface area contributed by atoms with E-state index in [1.54, 1.807) is 28.5 Å². The van der Waals surface area contributed by atoms with Crippen LogP contribution < -0.4 is 10.2 Å². The molecule has 2 amide bonds. The lowest BCUT2D eigenvalue weighted by Crippen LogP contribution is -2.43. The van der Waals surface area contributed by atoms with Crippen molar-refractivity contribution in [3.05, 3.63) is 25.0 Å². The smallest absolute Gasteiger partial charge is 0.322 e. The molecular weight excluding hydrogens is 296 g/mol. The van der Waals surface area contributed by atoms with Crippen molar-refractivity contribution in [1.29, 1.82) is 0 Å². The lowest BCUT2D eigenvalue weighted by Gasteiger charge is -2.32. The number of hydrogen-bond acceptors (Lipinski definition) is 6. The fourth-order valence-electron chi connectivity index (χ4n) is 2.58. The van der Waals surface area contributed by atoms with Gasteiger partial charge in [0.25, 0.3) is 0 Å². The van der Waals surface area contributed by atoms with Crippen LogP contribution in [0.5, 0.6) is 0 Å². The van der Waals surface area contributed by atoms with E-state index in [1.807, 2.05) is 18.8 Å². The molecule has 0 bridgehead atoms. The number of nitrogens with zero attached hydrogens (tertiary/aromatic N) is 7. The average Bonchev–Trinajstić information content (AvgIpc) is 3.10. The summed E-state index contributed by atoms with van der Waals surface area (Å²) in [5.41, 5.74) is 0.587. The predicted molar refractivity (Wildman–Crippen MR) is 85.2 cm³/mol. The van der Waals surface area contributed by atoms with Crippen LogP contribution in [0.3, 0.4) is 0 Å². The SMILES string of the molecule is CN(C)c1ncc(NC(=O)N2CCC[C@H](n3cncn3)C2)cn1. The van der Waals surface area contributed by atoms with E-state index in [1.165, 1.54) is 6.33 Å². The third-order valence-electron chi connectivity index (χ3n) is 3.78. The molecule has 3 heterocycles. The number of aromatic nitrogens is 5. The van der Waals surface area contributed by atoms with Crippen LogP contribution in [0.4, 0.5) is 16.4 Å². The predicted octanol–water partition coefficient (Wildman–Crippen LogP) is 1.00. The standard InChI is InChI=1S/C14H20N8O/c1-20(2)13-16-6-11(7-17-13)19-14(23)21-5-3-4-12(8-21)22-10-15-9-18-22/h6-7,9-10,12H,3-5,8H2,1-2H3,(H,19,23)/t12-/m0/s1. The van der Waals surface area contributed by atoms with Crippen LogP contribution >= 0.6 is 0 Å². The zero-order valence-electron chi connectivity index (χ0n) is 13.3. The number of amides is 2. The Labute approximate surface area is 134 Å². The highest BCUT2D eigenvalue weighted by molar-refractivity contribution is 5.89. The second-order valence-corrected chi connectivity index (χ2v) is 5.71. The third kappa shape index (κ3) is 3.55. The van der Waals surface area contributed by atoms with E-state index < -0.39 is 0 Å². The van der Waals surface area contributed by atoms with Gasteiger partial charge in [-0.2, -0.15) is 5.10 Å². The number of hydrogen-bond donors (Lipinski definition) is 1. The summed E-state index contributed by atoms with van der Waals surface area (Å²) in [7, 11) is 3.73. The topological polar surface area (TPSA) is 92.1 Å². The van der Waals surface area contributed by atoms with Crippen molar-refractivity contribution in [3.8, 4) is 0 Å². The van der Waals surface area contributed by atoms with Crippen molar-refractivity contribution in [3.63, 3.8) is 0 Å². The molecule has 1 aliphatic rings. The summed E-state index contributed by atoms with van der Waals surface area (Å²) in [6, 6.07) is 0.0281. The lowest BCUT2D eigenvalue weighted by molar-refractivity contribution is 0.174. The first kappa shape index (κ1) is 15.2. The Hall–Kier alpha value is -2.71. The van der Waals surface area contributed by atoms with Gasteiger partial charge in [0.15, 0.2) is 0 Å². The number of rotatable bonds is 3. The van der Waals surface area contributed by atoms with Gasteiger partial charge in [-0.25, -0.2) is 24.4 Å². The second kappa shape index (κ2) is 6.59. The minimum absolute atomic E-state index is 0.143. The summed E-state index contributed by atoms with van der Waals surface area (Å²) in [6.07, 6.45) is 8.36. The van der Waals surface area contributed by atoms with Gasteiger partial charge in [0.2, 0.25) is 5.95 Å². The molecule has 0 aromatic carbocycles. The van der Waals surface area contributed by atoms with E-state index in [-0.39, 0.29) is 12.1 Å². The Morgan fingerprint density at radius 3 is 2.78 bits per heavy atom. The van der Waals surface area contributed by atoms with E-state index in [2.05, 4.69) is 25.4 Å². The number of carbonyl (C=O) groups excluding carboxylic acids is 1. The number of likely N-dealkylation sites (tertiary alicyclic amines) is 1. The number of anilines is 2. The quantitative estimate of drug-likeness (QED) is 0.908. The van der Waals surface area contributed by atoms with E-state index in [0.29, 0.717) is 18.2 Å². The Morgan fingerprint density at radius 2 is 2.13 bits per heavy atom. The fourth-order valence-corrected chi connectivity index (χ4v) is 2.58. The summed E-state index contributed by atoms with van der Waals surface area (Å²) in [6.45, 7) is 1.35. The third-order valence-corrected chi connectivity index (χ3v) is 3.78. The van der Waals surface area contributed by atoms with Gasteiger partial charge in [-0.05, 0) is 12.8 Å². The summed E-state index contributed by atoms with van der Waals surface area (Å²) in [5, 5.41) is 7.01. The highest BCUT2D eigenvalue weighted by atomic mass is 16.2. The van der Waals surface area contributed by atoms with Crippen molar-refractivity contribution in [2.45, 2.75) is 18.9 Å². The zero-order chi connectivity index (χ0) is 16.2. The first-order valence-corrected chi connectivity index (χ1v) is 7.53. The summed E-state index contributed by atoms with van der Waals surface area (Å²) < 4.78 is 1.81. The van der Waals surface area contributed by atoms with Crippen LogP contribution in [0.15, 0.2) is 25.0 Å². The Morgan fingerprint density at radius 1 is 1.35 bits per heavy atom. The van der Waals surface area contributed by atoms with Crippen molar-refractivity contribution in [2.75, 3.05) is 37.4 Å². The van der Waals surface area contributed by atoms with Crippen molar-refractivity contribution in [1.82, 2.24) is 29.6 Å².